The smallest absolute Gasteiger partial charge is 0.0753 e. The van der Waals surface area contributed by atoms with Crippen LogP contribution in [0.3, 0.4) is 0 Å². The van der Waals surface area contributed by atoms with Crippen LogP contribution in [-0.2, 0) is 0 Å². The standard InChI is InChI=1S/C13H22N4/c1-11(12-9-14-7-8-15-12)16-10-13(17(2)3)5-4-6-13/h7-9,11,16H,4-6,10H2,1-3H3. The third-order valence-electron chi connectivity index (χ3n) is 4.00. The number of likely N-dealkylation sites (N-methyl/N-ethyl adjacent to an activating group) is 1. The van der Waals surface area contributed by atoms with Gasteiger partial charge in [0.1, 0.15) is 0 Å². The van der Waals surface area contributed by atoms with Crippen LogP contribution in [0.15, 0.2) is 18.6 Å². The molecule has 17 heavy (non-hydrogen) atoms. The van der Waals surface area contributed by atoms with Gasteiger partial charge in [0.2, 0.25) is 0 Å². The summed E-state index contributed by atoms with van der Waals surface area (Å²) < 4.78 is 0. The van der Waals surface area contributed by atoms with E-state index in [9.17, 15) is 0 Å². The highest BCUT2D eigenvalue weighted by atomic mass is 15.2. The van der Waals surface area contributed by atoms with E-state index in [1.165, 1.54) is 19.3 Å². The highest BCUT2D eigenvalue weighted by Gasteiger charge is 2.38. The van der Waals surface area contributed by atoms with E-state index < -0.39 is 0 Å². The molecule has 1 aromatic rings. The Hall–Kier alpha value is -1.00. The highest BCUT2D eigenvalue weighted by molar-refractivity contribution is 5.03. The zero-order valence-electron chi connectivity index (χ0n) is 11.0. The maximum atomic E-state index is 4.33. The molecular formula is C13H22N4. The van der Waals surface area contributed by atoms with Crippen LogP contribution in [0.2, 0.25) is 0 Å². The van der Waals surface area contributed by atoms with Crippen molar-refractivity contribution in [2.45, 2.75) is 37.8 Å². The van der Waals surface area contributed by atoms with Crippen molar-refractivity contribution in [3.8, 4) is 0 Å². The predicted molar refractivity (Wildman–Crippen MR) is 68.7 cm³/mol. The molecule has 1 aliphatic carbocycles. The molecule has 1 atom stereocenters. The fraction of sp³-hybridized carbons (Fsp3) is 0.692. The van der Waals surface area contributed by atoms with Gasteiger partial charge in [-0.3, -0.25) is 9.97 Å². The van der Waals surface area contributed by atoms with E-state index in [1.54, 1.807) is 12.4 Å². The maximum absolute atomic E-state index is 4.33. The van der Waals surface area contributed by atoms with E-state index in [0.717, 1.165) is 12.2 Å². The van der Waals surface area contributed by atoms with Gasteiger partial charge in [-0.2, -0.15) is 0 Å². The normalized spacial score (nSPS) is 20.0. The Bertz CT molecular complexity index is 346. The molecule has 0 bridgehead atoms. The van der Waals surface area contributed by atoms with Gasteiger partial charge in [-0.25, -0.2) is 0 Å². The van der Waals surface area contributed by atoms with Crippen LogP contribution >= 0.6 is 0 Å². The van der Waals surface area contributed by atoms with Crippen molar-refractivity contribution >= 4 is 0 Å². The van der Waals surface area contributed by atoms with E-state index in [2.05, 4.69) is 41.2 Å². The minimum atomic E-state index is 0.265. The van der Waals surface area contributed by atoms with Crippen molar-refractivity contribution in [1.29, 1.82) is 0 Å². The van der Waals surface area contributed by atoms with E-state index in [1.807, 2.05) is 6.20 Å². The van der Waals surface area contributed by atoms with Gasteiger partial charge < -0.3 is 10.2 Å². The Morgan fingerprint density at radius 3 is 2.65 bits per heavy atom. The Morgan fingerprint density at radius 1 is 1.41 bits per heavy atom. The molecule has 0 amide bonds. The van der Waals surface area contributed by atoms with Crippen LogP contribution in [0.4, 0.5) is 0 Å². The number of hydrogen-bond acceptors (Lipinski definition) is 4. The average molecular weight is 234 g/mol. The van der Waals surface area contributed by atoms with Crippen molar-refractivity contribution in [3.05, 3.63) is 24.3 Å². The summed E-state index contributed by atoms with van der Waals surface area (Å²) >= 11 is 0. The van der Waals surface area contributed by atoms with Gasteiger partial charge in [0, 0.05) is 36.7 Å². The fourth-order valence-corrected chi connectivity index (χ4v) is 2.35. The topological polar surface area (TPSA) is 41.0 Å². The van der Waals surface area contributed by atoms with Gasteiger partial charge in [-0.1, -0.05) is 0 Å². The van der Waals surface area contributed by atoms with Crippen LogP contribution in [0, 0.1) is 0 Å². The first-order chi connectivity index (χ1) is 8.14. The molecule has 0 radical (unpaired) electrons. The second kappa shape index (κ2) is 5.10. The molecule has 4 nitrogen and oxygen atoms in total. The zero-order chi connectivity index (χ0) is 12.3. The Kier molecular flexibility index (Phi) is 3.74. The van der Waals surface area contributed by atoms with Crippen LogP contribution in [0.25, 0.3) is 0 Å². The first kappa shape index (κ1) is 12.5. The summed E-state index contributed by atoms with van der Waals surface area (Å²) in [5, 5.41) is 3.58. The predicted octanol–water partition coefficient (Wildman–Crippen LogP) is 1.61. The second-order valence-electron chi connectivity index (χ2n) is 5.21. The van der Waals surface area contributed by atoms with Crippen molar-refractivity contribution < 1.29 is 0 Å². The molecule has 1 N–H and O–H groups in total. The number of nitrogens with one attached hydrogen (secondary N) is 1. The molecule has 0 aliphatic heterocycles. The first-order valence-electron chi connectivity index (χ1n) is 6.31. The van der Waals surface area contributed by atoms with Gasteiger partial charge in [0.05, 0.1) is 5.69 Å². The van der Waals surface area contributed by atoms with Crippen LogP contribution < -0.4 is 5.32 Å². The minimum absolute atomic E-state index is 0.265. The molecule has 1 aliphatic rings. The molecule has 1 fully saturated rings. The Morgan fingerprint density at radius 2 is 2.18 bits per heavy atom. The SMILES string of the molecule is CC(NCC1(N(C)C)CCC1)c1cnccn1. The molecular weight excluding hydrogens is 212 g/mol. The molecule has 2 rings (SSSR count). The van der Waals surface area contributed by atoms with Crippen molar-refractivity contribution in [3.63, 3.8) is 0 Å². The fourth-order valence-electron chi connectivity index (χ4n) is 2.35. The lowest BCUT2D eigenvalue weighted by Gasteiger charge is -2.48. The number of rotatable bonds is 5. The lowest BCUT2D eigenvalue weighted by Crippen LogP contribution is -2.56. The highest BCUT2D eigenvalue weighted by Crippen LogP contribution is 2.35. The molecule has 0 saturated heterocycles. The summed E-state index contributed by atoms with van der Waals surface area (Å²) in [6, 6.07) is 0.265. The summed E-state index contributed by atoms with van der Waals surface area (Å²) in [6.45, 7) is 3.17. The molecule has 94 valence electrons. The van der Waals surface area contributed by atoms with Crippen LogP contribution in [0.5, 0.6) is 0 Å². The average Bonchev–Trinajstić information content (AvgIpc) is 2.28. The Labute approximate surface area is 103 Å². The van der Waals surface area contributed by atoms with Gasteiger partial charge in [0.15, 0.2) is 0 Å². The minimum Gasteiger partial charge on any atom is -0.307 e. The molecule has 1 saturated carbocycles. The molecule has 0 spiro atoms. The monoisotopic (exact) mass is 234 g/mol. The second-order valence-corrected chi connectivity index (χ2v) is 5.21. The largest absolute Gasteiger partial charge is 0.307 e. The molecule has 1 unspecified atom stereocenters. The van der Waals surface area contributed by atoms with Crippen molar-refractivity contribution in [1.82, 2.24) is 20.2 Å². The van der Waals surface area contributed by atoms with E-state index in [0.29, 0.717) is 5.54 Å². The van der Waals surface area contributed by atoms with Crippen LogP contribution in [0.1, 0.15) is 37.9 Å². The zero-order valence-corrected chi connectivity index (χ0v) is 11.0. The van der Waals surface area contributed by atoms with Gasteiger partial charge >= 0.3 is 0 Å². The summed E-state index contributed by atoms with van der Waals surface area (Å²) in [7, 11) is 4.35. The molecule has 4 heteroatoms. The lowest BCUT2D eigenvalue weighted by atomic mass is 9.75. The van der Waals surface area contributed by atoms with Crippen LogP contribution in [-0.4, -0.2) is 41.0 Å². The molecule has 0 aromatic carbocycles. The maximum Gasteiger partial charge on any atom is 0.0753 e. The summed E-state index contributed by atoms with van der Waals surface area (Å²) in [5.41, 5.74) is 1.37. The Balaban J connectivity index is 1.90. The van der Waals surface area contributed by atoms with E-state index in [4.69, 9.17) is 0 Å². The summed E-state index contributed by atoms with van der Waals surface area (Å²) in [6.07, 6.45) is 9.22. The molecule has 1 heterocycles. The quantitative estimate of drug-likeness (QED) is 0.840. The third-order valence-corrected chi connectivity index (χ3v) is 4.00. The van der Waals surface area contributed by atoms with Crippen molar-refractivity contribution in [2.75, 3.05) is 20.6 Å². The molecule has 1 aromatic heterocycles. The third kappa shape index (κ3) is 2.64. The number of nitrogens with zero attached hydrogens (tertiary/aromatic N) is 3. The summed E-state index contributed by atoms with van der Waals surface area (Å²) in [5.74, 6) is 0. The number of aromatic nitrogens is 2. The van der Waals surface area contributed by atoms with Gasteiger partial charge in [-0.15, -0.1) is 0 Å². The van der Waals surface area contributed by atoms with Gasteiger partial charge in [0.25, 0.3) is 0 Å². The first-order valence-corrected chi connectivity index (χ1v) is 6.31. The van der Waals surface area contributed by atoms with Crippen molar-refractivity contribution in [2.24, 2.45) is 0 Å². The van der Waals surface area contributed by atoms with Gasteiger partial charge in [-0.05, 0) is 40.3 Å². The van der Waals surface area contributed by atoms with E-state index in [-0.39, 0.29) is 6.04 Å². The van der Waals surface area contributed by atoms with E-state index >= 15 is 0 Å². The summed E-state index contributed by atoms with van der Waals surface area (Å²) in [4.78, 5) is 10.8. The number of hydrogen-bond donors (Lipinski definition) is 1. The lowest BCUT2D eigenvalue weighted by molar-refractivity contribution is 0.0575.